The van der Waals surface area contributed by atoms with Crippen LogP contribution in [0.1, 0.15) is 25.3 Å². The van der Waals surface area contributed by atoms with Crippen LogP contribution in [0.15, 0.2) is 18.2 Å². The second-order valence-electron chi connectivity index (χ2n) is 4.51. The first kappa shape index (κ1) is 16.6. The molecule has 0 aliphatic rings. The number of hydrogen-bond acceptors (Lipinski definition) is 2. The minimum absolute atomic E-state index is 0.0547. The Morgan fingerprint density at radius 2 is 1.80 bits per heavy atom. The van der Waals surface area contributed by atoms with E-state index in [1.807, 2.05) is 6.92 Å². The fourth-order valence-electron chi connectivity index (χ4n) is 1.77. The molecule has 1 aromatic carbocycles. The maximum atomic E-state index is 11.7. The third kappa shape index (κ3) is 4.58. The van der Waals surface area contributed by atoms with Gasteiger partial charge in [-0.05, 0) is 24.6 Å². The molecule has 0 heterocycles. The van der Waals surface area contributed by atoms with Gasteiger partial charge in [0.1, 0.15) is 6.04 Å². The minimum Gasteiger partial charge on any atom is -0.354 e. The third-order valence-corrected chi connectivity index (χ3v) is 3.49. The van der Waals surface area contributed by atoms with Crippen molar-refractivity contribution in [1.82, 2.24) is 10.6 Å². The number of rotatable bonds is 5. The Morgan fingerprint density at radius 1 is 1.25 bits per heavy atom. The molecular weight excluding hydrogens is 301 g/mol. The van der Waals surface area contributed by atoms with Gasteiger partial charge in [0.15, 0.2) is 0 Å². The summed E-state index contributed by atoms with van der Waals surface area (Å²) < 4.78 is 0. The van der Waals surface area contributed by atoms with Crippen LogP contribution in [-0.4, -0.2) is 24.5 Å². The van der Waals surface area contributed by atoms with Crippen molar-refractivity contribution in [2.45, 2.75) is 25.8 Å². The molecule has 0 fully saturated rings. The third-order valence-electron chi connectivity index (χ3n) is 2.83. The fourth-order valence-corrected chi connectivity index (χ4v) is 2.54. The molecular formula is C13H17Cl2N3O2. The first-order valence-corrected chi connectivity index (χ1v) is 6.86. The molecule has 0 spiro atoms. The number of carbonyl (C=O) groups is 2. The van der Waals surface area contributed by atoms with E-state index < -0.39 is 12.1 Å². The fraction of sp³-hybridized carbons (Fsp3) is 0.385. The van der Waals surface area contributed by atoms with E-state index in [1.165, 1.54) is 0 Å². The monoisotopic (exact) mass is 317 g/mol. The summed E-state index contributed by atoms with van der Waals surface area (Å²) in [5, 5.41) is 6.13. The molecule has 0 radical (unpaired) electrons. The highest BCUT2D eigenvalue weighted by molar-refractivity contribution is 6.36. The van der Waals surface area contributed by atoms with Crippen molar-refractivity contribution in [2.75, 3.05) is 6.54 Å². The van der Waals surface area contributed by atoms with Gasteiger partial charge >= 0.3 is 6.03 Å². The second-order valence-corrected chi connectivity index (χ2v) is 5.33. The van der Waals surface area contributed by atoms with Crippen molar-refractivity contribution in [3.8, 4) is 0 Å². The Labute approximate surface area is 127 Å². The Bertz CT molecular complexity index is 488. The number of nitrogens with two attached hydrogens (primary N) is 1. The van der Waals surface area contributed by atoms with Crippen LogP contribution in [0.3, 0.4) is 0 Å². The lowest BCUT2D eigenvalue weighted by Gasteiger charge is -2.18. The molecule has 0 aromatic heterocycles. The predicted molar refractivity (Wildman–Crippen MR) is 80.1 cm³/mol. The van der Waals surface area contributed by atoms with Crippen LogP contribution in [-0.2, 0) is 4.79 Å². The molecule has 0 bridgehead atoms. The number of benzene rings is 1. The van der Waals surface area contributed by atoms with Crippen molar-refractivity contribution in [1.29, 1.82) is 0 Å². The van der Waals surface area contributed by atoms with Gasteiger partial charge in [-0.2, -0.15) is 0 Å². The van der Waals surface area contributed by atoms with Gasteiger partial charge in [-0.15, -0.1) is 0 Å². The summed E-state index contributed by atoms with van der Waals surface area (Å²) in [6, 6.07) is 3.82. The molecule has 0 saturated heterocycles. The van der Waals surface area contributed by atoms with Crippen molar-refractivity contribution in [2.24, 2.45) is 5.73 Å². The van der Waals surface area contributed by atoms with E-state index in [2.05, 4.69) is 10.6 Å². The van der Waals surface area contributed by atoms with E-state index >= 15 is 0 Å². The molecule has 2 atom stereocenters. The molecule has 1 rings (SSSR count). The van der Waals surface area contributed by atoms with Gasteiger partial charge in [0.25, 0.3) is 0 Å². The lowest BCUT2D eigenvalue weighted by atomic mass is 10.0. The number of halogens is 2. The molecule has 1 aromatic rings. The van der Waals surface area contributed by atoms with E-state index in [0.717, 1.165) is 5.56 Å². The van der Waals surface area contributed by atoms with Gasteiger partial charge in [-0.3, -0.25) is 4.79 Å². The maximum Gasteiger partial charge on any atom is 0.312 e. The first-order valence-electron chi connectivity index (χ1n) is 6.10. The van der Waals surface area contributed by atoms with Gasteiger partial charge in [-0.25, -0.2) is 4.79 Å². The van der Waals surface area contributed by atoms with Gasteiger partial charge in [0, 0.05) is 22.5 Å². The standard InChI is InChI=1S/C13H17Cl2N3O2/c1-7(11-9(14)4-3-5-10(11)15)6-17-12(19)8(2)18-13(16)20/h3-5,7-8H,6H2,1-2H3,(H,17,19)(H3,16,18,20)/t7-,8+/m1/s1. The van der Waals surface area contributed by atoms with Gasteiger partial charge < -0.3 is 16.4 Å². The number of primary amides is 1. The van der Waals surface area contributed by atoms with Gasteiger partial charge in [0.2, 0.25) is 5.91 Å². The van der Waals surface area contributed by atoms with E-state index in [-0.39, 0.29) is 11.8 Å². The Kier molecular flexibility index (Phi) is 6.10. The summed E-state index contributed by atoms with van der Waals surface area (Å²) in [5.74, 6) is -0.375. The van der Waals surface area contributed by atoms with Crippen molar-refractivity contribution < 1.29 is 9.59 Å². The molecule has 4 N–H and O–H groups in total. The molecule has 0 unspecified atom stereocenters. The van der Waals surface area contributed by atoms with Crippen molar-refractivity contribution in [3.05, 3.63) is 33.8 Å². The van der Waals surface area contributed by atoms with Gasteiger partial charge in [-0.1, -0.05) is 36.2 Å². The Morgan fingerprint density at radius 3 is 2.30 bits per heavy atom. The molecule has 5 nitrogen and oxygen atoms in total. The smallest absolute Gasteiger partial charge is 0.312 e. The molecule has 3 amide bonds. The number of carbonyl (C=O) groups excluding carboxylic acids is 2. The molecule has 0 aliphatic carbocycles. The first-order chi connectivity index (χ1) is 9.32. The SMILES string of the molecule is C[C@H](NC(N)=O)C(=O)NC[C@@H](C)c1c(Cl)cccc1Cl. The summed E-state index contributed by atoms with van der Waals surface area (Å²) in [6.45, 7) is 3.81. The van der Waals surface area contributed by atoms with E-state index in [1.54, 1.807) is 25.1 Å². The highest BCUT2D eigenvalue weighted by Gasteiger charge is 2.17. The van der Waals surface area contributed by atoms with Crippen molar-refractivity contribution >= 4 is 35.1 Å². The highest BCUT2D eigenvalue weighted by Crippen LogP contribution is 2.30. The molecule has 20 heavy (non-hydrogen) atoms. The van der Waals surface area contributed by atoms with Crippen LogP contribution in [0.4, 0.5) is 4.79 Å². The number of hydrogen-bond donors (Lipinski definition) is 3. The molecule has 110 valence electrons. The molecule has 7 heteroatoms. The van der Waals surface area contributed by atoms with Crippen molar-refractivity contribution in [3.63, 3.8) is 0 Å². The zero-order valence-corrected chi connectivity index (χ0v) is 12.8. The summed E-state index contributed by atoms with van der Waals surface area (Å²) in [7, 11) is 0. The second kappa shape index (κ2) is 7.36. The zero-order valence-electron chi connectivity index (χ0n) is 11.2. The predicted octanol–water partition coefficient (Wildman–Crippen LogP) is 2.27. The lowest BCUT2D eigenvalue weighted by molar-refractivity contribution is -0.122. The summed E-state index contributed by atoms with van der Waals surface area (Å²) in [5.41, 5.74) is 5.74. The van der Waals surface area contributed by atoms with Crippen LogP contribution in [0, 0.1) is 0 Å². The average Bonchev–Trinajstić information content (AvgIpc) is 2.34. The zero-order chi connectivity index (χ0) is 15.3. The normalized spacial score (nSPS) is 13.4. The van der Waals surface area contributed by atoms with Crippen LogP contribution >= 0.6 is 23.2 Å². The lowest BCUT2D eigenvalue weighted by Crippen LogP contribution is -2.47. The van der Waals surface area contributed by atoms with Crippen LogP contribution in [0.2, 0.25) is 10.0 Å². The summed E-state index contributed by atoms with van der Waals surface area (Å²) in [6.07, 6.45) is 0. The Balaban J connectivity index is 2.61. The van der Waals surface area contributed by atoms with E-state index in [0.29, 0.717) is 16.6 Å². The maximum absolute atomic E-state index is 11.7. The van der Waals surface area contributed by atoms with E-state index in [9.17, 15) is 9.59 Å². The summed E-state index contributed by atoms with van der Waals surface area (Å²) in [4.78, 5) is 22.4. The van der Waals surface area contributed by atoms with E-state index in [4.69, 9.17) is 28.9 Å². The number of urea groups is 1. The number of nitrogens with one attached hydrogen (secondary N) is 2. The molecule has 0 saturated carbocycles. The highest BCUT2D eigenvalue weighted by atomic mass is 35.5. The minimum atomic E-state index is -0.741. The molecule has 0 aliphatic heterocycles. The topological polar surface area (TPSA) is 84.2 Å². The average molecular weight is 318 g/mol. The quantitative estimate of drug-likeness (QED) is 0.778. The van der Waals surface area contributed by atoms with Crippen LogP contribution in [0.5, 0.6) is 0 Å². The van der Waals surface area contributed by atoms with Gasteiger partial charge in [0.05, 0.1) is 0 Å². The van der Waals surface area contributed by atoms with Crippen LogP contribution in [0.25, 0.3) is 0 Å². The summed E-state index contributed by atoms with van der Waals surface area (Å²) >= 11 is 12.2. The number of amides is 3. The van der Waals surface area contributed by atoms with Crippen LogP contribution < -0.4 is 16.4 Å². The Hall–Kier alpha value is -1.46. The largest absolute Gasteiger partial charge is 0.354 e.